The summed E-state index contributed by atoms with van der Waals surface area (Å²) in [5.74, 6) is 5.34. The molecule has 2 nitrogen and oxygen atoms in total. The van der Waals surface area contributed by atoms with Crippen LogP contribution in [0.4, 0.5) is 0 Å². The van der Waals surface area contributed by atoms with Crippen LogP contribution >= 0.6 is 11.6 Å². The maximum absolute atomic E-state index is 6.04. The normalized spacial score (nSPS) is 12.5. The number of hydrazine groups is 1. The summed E-state index contributed by atoms with van der Waals surface area (Å²) in [6, 6.07) is 5.76. The maximum atomic E-state index is 6.04. The maximum Gasteiger partial charge on any atom is 0.0652 e. The first-order valence-corrected chi connectivity index (χ1v) is 4.41. The second kappa shape index (κ2) is 4.42. The fraction of sp³-hybridized carbons (Fsp3) is 0.200. The molecule has 0 heterocycles. The van der Waals surface area contributed by atoms with Crippen LogP contribution in [0.3, 0.4) is 0 Å². The van der Waals surface area contributed by atoms with Crippen molar-refractivity contribution in [3.8, 4) is 0 Å². The van der Waals surface area contributed by atoms with Crippen molar-refractivity contribution in [1.82, 2.24) is 5.43 Å². The molecule has 3 N–H and O–H groups in total. The zero-order chi connectivity index (χ0) is 9.84. The predicted octanol–water partition coefficient (Wildman–Crippen LogP) is 2.34. The molecule has 0 saturated carbocycles. The number of hydrogen-bond acceptors (Lipinski definition) is 2. The minimum atomic E-state index is -0.0897. The SMILES string of the molecule is C=CC(NN)c1ccc(C)cc1Cl. The summed E-state index contributed by atoms with van der Waals surface area (Å²) in [6.45, 7) is 5.67. The van der Waals surface area contributed by atoms with E-state index in [0.29, 0.717) is 5.02 Å². The molecule has 1 rings (SSSR count). The summed E-state index contributed by atoms with van der Waals surface area (Å²) in [5.41, 5.74) is 4.71. The summed E-state index contributed by atoms with van der Waals surface area (Å²) in [5, 5.41) is 0.711. The van der Waals surface area contributed by atoms with Gasteiger partial charge in [-0.3, -0.25) is 5.84 Å². The lowest BCUT2D eigenvalue weighted by Gasteiger charge is -2.13. The van der Waals surface area contributed by atoms with Gasteiger partial charge in [0.2, 0.25) is 0 Å². The Bertz CT molecular complexity index is 310. The summed E-state index contributed by atoms with van der Waals surface area (Å²) in [7, 11) is 0. The highest BCUT2D eigenvalue weighted by molar-refractivity contribution is 6.31. The smallest absolute Gasteiger partial charge is 0.0652 e. The van der Waals surface area contributed by atoms with E-state index in [1.807, 2.05) is 25.1 Å². The lowest BCUT2D eigenvalue weighted by molar-refractivity contribution is 0.657. The van der Waals surface area contributed by atoms with E-state index in [9.17, 15) is 0 Å². The van der Waals surface area contributed by atoms with E-state index < -0.39 is 0 Å². The van der Waals surface area contributed by atoms with Crippen LogP contribution in [0.15, 0.2) is 30.9 Å². The topological polar surface area (TPSA) is 38.0 Å². The third-order valence-corrected chi connectivity index (χ3v) is 2.23. The van der Waals surface area contributed by atoms with Gasteiger partial charge >= 0.3 is 0 Å². The van der Waals surface area contributed by atoms with Crippen molar-refractivity contribution in [3.63, 3.8) is 0 Å². The van der Waals surface area contributed by atoms with Crippen LogP contribution in [0, 0.1) is 6.92 Å². The number of nitrogens with two attached hydrogens (primary N) is 1. The zero-order valence-electron chi connectivity index (χ0n) is 7.55. The van der Waals surface area contributed by atoms with Crippen molar-refractivity contribution < 1.29 is 0 Å². The van der Waals surface area contributed by atoms with Gasteiger partial charge in [0.05, 0.1) is 6.04 Å². The van der Waals surface area contributed by atoms with E-state index in [4.69, 9.17) is 17.4 Å². The van der Waals surface area contributed by atoms with E-state index in [2.05, 4.69) is 12.0 Å². The molecule has 70 valence electrons. The molecule has 0 amide bonds. The molecule has 0 aromatic heterocycles. The summed E-state index contributed by atoms with van der Waals surface area (Å²) in [4.78, 5) is 0. The Labute approximate surface area is 83.4 Å². The number of hydrogen-bond donors (Lipinski definition) is 2. The third-order valence-electron chi connectivity index (χ3n) is 1.91. The first-order chi connectivity index (χ1) is 6.19. The first kappa shape index (κ1) is 10.3. The number of halogens is 1. The monoisotopic (exact) mass is 196 g/mol. The Morgan fingerprint density at radius 1 is 1.62 bits per heavy atom. The highest BCUT2D eigenvalue weighted by Crippen LogP contribution is 2.23. The average Bonchev–Trinajstić information content (AvgIpc) is 2.10. The Kier molecular flexibility index (Phi) is 3.48. The summed E-state index contributed by atoms with van der Waals surface area (Å²) >= 11 is 6.04. The molecule has 1 aromatic carbocycles. The quantitative estimate of drug-likeness (QED) is 0.443. The van der Waals surface area contributed by atoms with E-state index in [-0.39, 0.29) is 6.04 Å². The second-order valence-corrected chi connectivity index (χ2v) is 3.31. The standard InChI is InChI=1S/C10H13ClN2/c1-3-10(13-12)8-5-4-7(2)6-9(8)11/h3-6,10,13H,1,12H2,2H3. The van der Waals surface area contributed by atoms with Crippen LogP contribution in [0.2, 0.25) is 5.02 Å². The van der Waals surface area contributed by atoms with Crippen LogP contribution in [0.5, 0.6) is 0 Å². The van der Waals surface area contributed by atoms with Gasteiger partial charge in [-0.2, -0.15) is 0 Å². The molecule has 0 aliphatic rings. The highest BCUT2D eigenvalue weighted by atomic mass is 35.5. The number of nitrogens with one attached hydrogen (secondary N) is 1. The fourth-order valence-electron chi connectivity index (χ4n) is 1.17. The van der Waals surface area contributed by atoms with E-state index in [1.54, 1.807) is 6.08 Å². The molecule has 0 spiro atoms. The van der Waals surface area contributed by atoms with Gasteiger partial charge in [0, 0.05) is 5.02 Å². The van der Waals surface area contributed by atoms with Crippen molar-refractivity contribution >= 4 is 11.6 Å². The van der Waals surface area contributed by atoms with Crippen molar-refractivity contribution in [2.24, 2.45) is 5.84 Å². The van der Waals surface area contributed by atoms with Gasteiger partial charge in [-0.1, -0.05) is 29.8 Å². The van der Waals surface area contributed by atoms with Crippen LogP contribution in [-0.4, -0.2) is 0 Å². The largest absolute Gasteiger partial charge is 0.271 e. The van der Waals surface area contributed by atoms with Gasteiger partial charge in [0.15, 0.2) is 0 Å². The van der Waals surface area contributed by atoms with Gasteiger partial charge in [0.25, 0.3) is 0 Å². The number of aryl methyl sites for hydroxylation is 1. The van der Waals surface area contributed by atoms with Gasteiger partial charge < -0.3 is 0 Å². The Hall–Kier alpha value is -0.830. The molecule has 0 fully saturated rings. The molecule has 0 bridgehead atoms. The van der Waals surface area contributed by atoms with Gasteiger partial charge in [-0.05, 0) is 24.1 Å². The van der Waals surface area contributed by atoms with E-state index in [1.165, 1.54) is 0 Å². The lowest BCUT2D eigenvalue weighted by atomic mass is 10.1. The van der Waals surface area contributed by atoms with Crippen molar-refractivity contribution in [1.29, 1.82) is 0 Å². The minimum absolute atomic E-state index is 0.0897. The van der Waals surface area contributed by atoms with Crippen molar-refractivity contribution in [3.05, 3.63) is 47.0 Å². The first-order valence-electron chi connectivity index (χ1n) is 4.03. The van der Waals surface area contributed by atoms with Crippen LogP contribution in [0.1, 0.15) is 17.2 Å². The zero-order valence-corrected chi connectivity index (χ0v) is 8.31. The highest BCUT2D eigenvalue weighted by Gasteiger charge is 2.08. The van der Waals surface area contributed by atoms with E-state index >= 15 is 0 Å². The Morgan fingerprint density at radius 3 is 2.77 bits per heavy atom. The number of benzene rings is 1. The van der Waals surface area contributed by atoms with Crippen LogP contribution < -0.4 is 11.3 Å². The average molecular weight is 197 g/mol. The van der Waals surface area contributed by atoms with Gasteiger partial charge in [-0.15, -0.1) is 6.58 Å². The van der Waals surface area contributed by atoms with Crippen LogP contribution in [-0.2, 0) is 0 Å². The molecular formula is C10H13ClN2. The van der Waals surface area contributed by atoms with E-state index in [0.717, 1.165) is 11.1 Å². The molecule has 1 atom stereocenters. The molecule has 0 aliphatic carbocycles. The third kappa shape index (κ3) is 2.31. The molecule has 1 unspecified atom stereocenters. The second-order valence-electron chi connectivity index (χ2n) is 2.91. The summed E-state index contributed by atoms with van der Waals surface area (Å²) in [6.07, 6.45) is 1.72. The Balaban J connectivity index is 3.06. The molecule has 13 heavy (non-hydrogen) atoms. The number of rotatable bonds is 3. The summed E-state index contributed by atoms with van der Waals surface area (Å²) < 4.78 is 0. The fourth-order valence-corrected chi connectivity index (χ4v) is 1.52. The molecular weight excluding hydrogens is 184 g/mol. The molecule has 0 saturated heterocycles. The molecule has 0 aliphatic heterocycles. The molecule has 0 radical (unpaired) electrons. The van der Waals surface area contributed by atoms with Gasteiger partial charge in [-0.25, -0.2) is 5.43 Å². The lowest BCUT2D eigenvalue weighted by Crippen LogP contribution is -2.26. The van der Waals surface area contributed by atoms with Gasteiger partial charge in [0.1, 0.15) is 0 Å². The minimum Gasteiger partial charge on any atom is -0.271 e. The van der Waals surface area contributed by atoms with Crippen molar-refractivity contribution in [2.75, 3.05) is 0 Å². The van der Waals surface area contributed by atoms with Crippen LogP contribution in [0.25, 0.3) is 0 Å². The molecule has 1 aromatic rings. The molecule has 3 heteroatoms. The van der Waals surface area contributed by atoms with Crippen molar-refractivity contribution in [2.45, 2.75) is 13.0 Å². The Morgan fingerprint density at radius 2 is 2.31 bits per heavy atom. The predicted molar refractivity (Wildman–Crippen MR) is 56.5 cm³/mol.